The van der Waals surface area contributed by atoms with Crippen LogP contribution in [-0.4, -0.2) is 44.2 Å². The summed E-state index contributed by atoms with van der Waals surface area (Å²) < 4.78 is 2.42. The number of piperidine rings is 1. The Kier molecular flexibility index (Phi) is 7.07. The van der Waals surface area contributed by atoms with Gasteiger partial charge >= 0.3 is 0 Å². The Bertz CT molecular complexity index is 1140. The van der Waals surface area contributed by atoms with Crippen molar-refractivity contribution in [3.8, 4) is 0 Å². The van der Waals surface area contributed by atoms with Gasteiger partial charge < -0.3 is 9.88 Å². The van der Waals surface area contributed by atoms with E-state index in [9.17, 15) is 4.79 Å². The van der Waals surface area contributed by atoms with Crippen LogP contribution in [0.4, 0.5) is 0 Å². The number of fused-ring (bicyclic) bond motifs is 2. The number of aryl methyl sites for hydroxylation is 2. The van der Waals surface area contributed by atoms with Crippen LogP contribution in [0.5, 0.6) is 0 Å². The summed E-state index contributed by atoms with van der Waals surface area (Å²) in [5.74, 6) is 2.56. The average molecular weight is 492 g/mol. The fourth-order valence-electron chi connectivity index (χ4n) is 6.09. The van der Waals surface area contributed by atoms with Gasteiger partial charge in [0.15, 0.2) is 0 Å². The maximum Gasteiger partial charge on any atom is 0.251 e. The van der Waals surface area contributed by atoms with Crippen molar-refractivity contribution in [3.05, 3.63) is 69.4 Å². The predicted octanol–water partition coefficient (Wildman–Crippen LogP) is 5.81. The number of amides is 1. The lowest BCUT2D eigenvalue weighted by atomic mass is 9.95. The van der Waals surface area contributed by atoms with Crippen LogP contribution in [0.15, 0.2) is 42.5 Å². The third kappa shape index (κ3) is 5.07. The van der Waals surface area contributed by atoms with E-state index in [1.54, 1.807) is 11.3 Å². The summed E-state index contributed by atoms with van der Waals surface area (Å²) in [6.07, 6.45) is 5.78. The van der Waals surface area contributed by atoms with Gasteiger partial charge in [-0.15, -0.1) is 21.5 Å². The molecule has 2 bridgehead atoms. The summed E-state index contributed by atoms with van der Waals surface area (Å²) in [6, 6.07) is 15.6. The van der Waals surface area contributed by atoms with Crippen molar-refractivity contribution in [1.29, 1.82) is 0 Å². The second-order valence-corrected chi connectivity index (χ2v) is 11.8. The van der Waals surface area contributed by atoms with Gasteiger partial charge in [0.25, 0.3) is 5.91 Å². The minimum atomic E-state index is 0.00707. The number of carbonyl (C=O) groups is 1. The van der Waals surface area contributed by atoms with E-state index in [1.807, 2.05) is 30.3 Å². The van der Waals surface area contributed by atoms with Crippen molar-refractivity contribution < 1.29 is 4.79 Å². The lowest BCUT2D eigenvalue weighted by Crippen LogP contribution is -2.45. The van der Waals surface area contributed by atoms with Crippen LogP contribution in [0.1, 0.15) is 95.7 Å². The van der Waals surface area contributed by atoms with Crippen LogP contribution in [0.2, 0.25) is 0 Å². The fourth-order valence-corrected chi connectivity index (χ4v) is 7.05. The SMILES string of the molecule is Cc1ccc([C@H](CCN2C3CCC2CC(n2c(C)nnc2C(C)C)C3)NC(=O)c2ccccc2)s1. The third-order valence-electron chi connectivity index (χ3n) is 7.76. The zero-order valence-electron chi connectivity index (χ0n) is 21.3. The summed E-state index contributed by atoms with van der Waals surface area (Å²) in [6.45, 7) is 9.65. The lowest BCUT2D eigenvalue weighted by Gasteiger charge is -2.40. The number of nitrogens with one attached hydrogen (secondary N) is 1. The Morgan fingerprint density at radius 3 is 2.37 bits per heavy atom. The topological polar surface area (TPSA) is 63.1 Å². The molecule has 7 heteroatoms. The Morgan fingerprint density at radius 1 is 1.03 bits per heavy atom. The number of rotatable bonds is 8. The fraction of sp³-hybridized carbons (Fsp3) is 0.536. The normalized spacial score (nSPS) is 23.1. The summed E-state index contributed by atoms with van der Waals surface area (Å²) in [4.78, 5) is 18.2. The first kappa shape index (κ1) is 24.2. The maximum absolute atomic E-state index is 13.0. The molecule has 0 aliphatic carbocycles. The number of carbonyl (C=O) groups excluding carboxylic acids is 1. The first-order valence-electron chi connectivity index (χ1n) is 13.0. The van der Waals surface area contributed by atoms with Gasteiger partial charge in [-0.2, -0.15) is 0 Å². The van der Waals surface area contributed by atoms with Crippen LogP contribution < -0.4 is 5.32 Å². The first-order valence-corrected chi connectivity index (χ1v) is 13.8. The molecular formula is C28H37N5OS. The lowest BCUT2D eigenvalue weighted by molar-refractivity contribution is 0.0892. The third-order valence-corrected chi connectivity index (χ3v) is 8.87. The van der Waals surface area contributed by atoms with Gasteiger partial charge in [0.05, 0.1) is 6.04 Å². The monoisotopic (exact) mass is 491 g/mol. The van der Waals surface area contributed by atoms with E-state index in [0.717, 1.165) is 43.0 Å². The van der Waals surface area contributed by atoms with E-state index in [-0.39, 0.29) is 11.9 Å². The van der Waals surface area contributed by atoms with Gasteiger partial charge in [-0.1, -0.05) is 32.0 Å². The number of aromatic nitrogens is 3. The number of nitrogens with zero attached hydrogens (tertiary/aromatic N) is 4. The van der Waals surface area contributed by atoms with Crippen LogP contribution >= 0.6 is 11.3 Å². The van der Waals surface area contributed by atoms with Crippen molar-refractivity contribution in [2.24, 2.45) is 0 Å². The summed E-state index contributed by atoms with van der Waals surface area (Å²) in [5, 5.41) is 12.2. The van der Waals surface area contributed by atoms with Crippen molar-refractivity contribution in [3.63, 3.8) is 0 Å². The van der Waals surface area contributed by atoms with Crippen LogP contribution in [0.25, 0.3) is 0 Å². The molecule has 3 atom stereocenters. The number of hydrogen-bond donors (Lipinski definition) is 1. The molecule has 3 aromatic rings. The molecule has 2 aliphatic heterocycles. The Hall–Kier alpha value is -2.51. The van der Waals surface area contributed by atoms with Gasteiger partial charge in [0.1, 0.15) is 11.6 Å². The molecule has 2 aromatic heterocycles. The smallest absolute Gasteiger partial charge is 0.251 e. The summed E-state index contributed by atoms with van der Waals surface area (Å²) in [7, 11) is 0. The minimum Gasteiger partial charge on any atom is -0.344 e. The highest BCUT2D eigenvalue weighted by Crippen LogP contribution is 2.42. The zero-order chi connectivity index (χ0) is 24.5. The van der Waals surface area contributed by atoms with Gasteiger partial charge in [0, 0.05) is 45.9 Å². The highest BCUT2D eigenvalue weighted by molar-refractivity contribution is 7.12. The molecule has 0 radical (unpaired) electrons. The molecule has 35 heavy (non-hydrogen) atoms. The molecule has 2 fully saturated rings. The average Bonchev–Trinajstić information content (AvgIpc) is 3.52. The first-order chi connectivity index (χ1) is 16.9. The van der Waals surface area contributed by atoms with Gasteiger partial charge in [-0.3, -0.25) is 9.69 Å². The molecule has 2 aliphatic rings. The number of thiophene rings is 1. The molecular weight excluding hydrogens is 454 g/mol. The van der Waals surface area contributed by atoms with Crippen LogP contribution in [0.3, 0.4) is 0 Å². The quantitative estimate of drug-likeness (QED) is 0.432. The standard InChI is InChI=1S/C28H37N5OS/c1-18(2)27-31-30-20(4)33(27)24-16-22-11-12-23(17-24)32(22)15-14-25(26-13-10-19(3)35-26)29-28(34)21-8-6-5-7-9-21/h5-10,13,18,22-25H,11-12,14-17H2,1-4H3,(H,29,34)/t22?,23?,24?,25-/m0/s1. The predicted molar refractivity (Wildman–Crippen MR) is 141 cm³/mol. The van der Waals surface area contributed by atoms with Gasteiger partial charge in [-0.25, -0.2) is 0 Å². The van der Waals surface area contributed by atoms with E-state index in [4.69, 9.17) is 0 Å². The van der Waals surface area contributed by atoms with E-state index in [0.29, 0.717) is 24.0 Å². The highest BCUT2D eigenvalue weighted by atomic mass is 32.1. The van der Waals surface area contributed by atoms with E-state index >= 15 is 0 Å². The largest absolute Gasteiger partial charge is 0.344 e. The van der Waals surface area contributed by atoms with Gasteiger partial charge in [0.2, 0.25) is 0 Å². The van der Waals surface area contributed by atoms with Crippen LogP contribution in [0, 0.1) is 13.8 Å². The van der Waals surface area contributed by atoms with Gasteiger partial charge in [-0.05, 0) is 70.2 Å². The van der Waals surface area contributed by atoms with Crippen molar-refractivity contribution in [2.75, 3.05) is 6.54 Å². The molecule has 2 saturated heterocycles. The molecule has 0 saturated carbocycles. The Labute approximate surface area is 212 Å². The molecule has 2 unspecified atom stereocenters. The zero-order valence-corrected chi connectivity index (χ0v) is 22.1. The molecule has 5 rings (SSSR count). The molecule has 4 heterocycles. The Morgan fingerprint density at radius 2 is 1.74 bits per heavy atom. The Balaban J connectivity index is 1.28. The van der Waals surface area contributed by atoms with Crippen molar-refractivity contribution >= 4 is 17.2 Å². The molecule has 6 nitrogen and oxygen atoms in total. The molecule has 1 amide bonds. The maximum atomic E-state index is 13.0. The molecule has 1 aromatic carbocycles. The number of hydrogen-bond acceptors (Lipinski definition) is 5. The van der Waals surface area contributed by atoms with Crippen molar-refractivity contribution in [2.45, 2.75) is 89.9 Å². The highest BCUT2D eigenvalue weighted by Gasteiger charge is 2.42. The second kappa shape index (κ2) is 10.2. The van der Waals surface area contributed by atoms with E-state index < -0.39 is 0 Å². The second-order valence-electron chi connectivity index (χ2n) is 10.5. The van der Waals surface area contributed by atoms with Crippen molar-refractivity contribution in [1.82, 2.24) is 25.0 Å². The van der Waals surface area contributed by atoms with Crippen LogP contribution in [-0.2, 0) is 0 Å². The summed E-state index contributed by atoms with van der Waals surface area (Å²) in [5.41, 5.74) is 0.719. The van der Waals surface area contributed by atoms with E-state index in [2.05, 4.69) is 64.8 Å². The molecule has 1 N–H and O–H groups in total. The molecule has 0 spiro atoms. The molecule has 186 valence electrons. The summed E-state index contributed by atoms with van der Waals surface area (Å²) >= 11 is 1.79. The minimum absolute atomic E-state index is 0.00707. The van der Waals surface area contributed by atoms with E-state index in [1.165, 1.54) is 22.6 Å². The number of benzene rings is 1.